The van der Waals surface area contributed by atoms with Crippen LogP contribution in [0.15, 0.2) is 12.1 Å². The van der Waals surface area contributed by atoms with E-state index in [-0.39, 0.29) is 17.5 Å². The monoisotopic (exact) mass is 208 g/mol. The fraction of sp³-hybridized carbons (Fsp3) is 0.462. The van der Waals surface area contributed by atoms with Crippen molar-refractivity contribution in [2.75, 3.05) is 0 Å². The van der Waals surface area contributed by atoms with Crippen LogP contribution < -0.4 is 0 Å². The zero-order valence-corrected chi connectivity index (χ0v) is 9.73. The van der Waals surface area contributed by atoms with Crippen LogP contribution in [-0.2, 0) is 0 Å². The maximum atomic E-state index is 13.3. The number of hydrogen-bond donors (Lipinski definition) is 0. The second-order valence-corrected chi connectivity index (χ2v) is 4.10. The molecule has 0 aliphatic rings. The van der Waals surface area contributed by atoms with Gasteiger partial charge in [-0.2, -0.15) is 0 Å². The summed E-state index contributed by atoms with van der Waals surface area (Å²) >= 11 is 0. The standard InChI is InChI=1S/C13H17FO/c1-5-8(2)13(15)11-6-9(3)12(14)10(4)7-11/h6-8H,5H2,1-4H3. The molecule has 0 bridgehead atoms. The molecule has 0 heterocycles. The molecule has 82 valence electrons. The topological polar surface area (TPSA) is 17.1 Å². The Morgan fingerprint density at radius 3 is 2.20 bits per heavy atom. The highest BCUT2D eigenvalue weighted by Gasteiger charge is 2.15. The van der Waals surface area contributed by atoms with Gasteiger partial charge in [-0.15, -0.1) is 0 Å². The molecule has 1 aromatic rings. The van der Waals surface area contributed by atoms with E-state index in [4.69, 9.17) is 0 Å². The molecule has 0 saturated heterocycles. The predicted octanol–water partition coefficient (Wildman–Crippen LogP) is 3.67. The molecule has 2 heteroatoms. The predicted molar refractivity (Wildman–Crippen MR) is 59.7 cm³/mol. The van der Waals surface area contributed by atoms with Crippen LogP contribution in [0.5, 0.6) is 0 Å². The van der Waals surface area contributed by atoms with Gasteiger partial charge in [-0.3, -0.25) is 4.79 Å². The van der Waals surface area contributed by atoms with Crippen molar-refractivity contribution in [3.8, 4) is 0 Å². The van der Waals surface area contributed by atoms with Gasteiger partial charge in [-0.1, -0.05) is 13.8 Å². The van der Waals surface area contributed by atoms with Gasteiger partial charge < -0.3 is 0 Å². The number of ketones is 1. The Hall–Kier alpha value is -1.18. The fourth-order valence-electron chi connectivity index (χ4n) is 1.56. The molecular formula is C13H17FO. The summed E-state index contributed by atoms with van der Waals surface area (Å²) in [6.45, 7) is 7.26. The molecule has 0 N–H and O–H groups in total. The maximum absolute atomic E-state index is 13.3. The Labute approximate surface area is 90.3 Å². The van der Waals surface area contributed by atoms with E-state index in [1.807, 2.05) is 13.8 Å². The van der Waals surface area contributed by atoms with E-state index < -0.39 is 0 Å². The van der Waals surface area contributed by atoms with E-state index in [2.05, 4.69) is 0 Å². The van der Waals surface area contributed by atoms with Gasteiger partial charge in [-0.05, 0) is 43.5 Å². The lowest BCUT2D eigenvalue weighted by Gasteiger charge is -2.10. The van der Waals surface area contributed by atoms with Crippen LogP contribution in [-0.4, -0.2) is 5.78 Å². The Bertz CT molecular complexity index is 359. The number of hydrogen-bond acceptors (Lipinski definition) is 1. The Morgan fingerprint density at radius 1 is 1.33 bits per heavy atom. The Kier molecular flexibility index (Phi) is 3.61. The molecule has 1 unspecified atom stereocenters. The van der Waals surface area contributed by atoms with E-state index in [1.165, 1.54) is 0 Å². The van der Waals surface area contributed by atoms with E-state index in [1.54, 1.807) is 26.0 Å². The van der Waals surface area contributed by atoms with Crippen molar-refractivity contribution in [2.45, 2.75) is 34.1 Å². The summed E-state index contributed by atoms with van der Waals surface area (Å²) in [6, 6.07) is 3.27. The fourth-order valence-corrected chi connectivity index (χ4v) is 1.56. The van der Waals surface area contributed by atoms with Crippen molar-refractivity contribution in [1.82, 2.24) is 0 Å². The van der Waals surface area contributed by atoms with Crippen molar-refractivity contribution in [3.63, 3.8) is 0 Å². The Morgan fingerprint density at radius 2 is 1.80 bits per heavy atom. The highest BCUT2D eigenvalue weighted by molar-refractivity contribution is 5.97. The normalized spacial score (nSPS) is 12.6. The summed E-state index contributed by atoms with van der Waals surface area (Å²) < 4.78 is 13.3. The number of halogens is 1. The second kappa shape index (κ2) is 4.56. The van der Waals surface area contributed by atoms with Crippen LogP contribution in [0.25, 0.3) is 0 Å². The highest BCUT2D eigenvalue weighted by Crippen LogP contribution is 2.18. The molecule has 0 saturated carbocycles. The third-order valence-corrected chi connectivity index (χ3v) is 2.78. The van der Waals surface area contributed by atoms with E-state index in [9.17, 15) is 9.18 Å². The first-order valence-electron chi connectivity index (χ1n) is 5.28. The minimum Gasteiger partial charge on any atom is -0.294 e. The molecule has 0 amide bonds. The molecule has 1 aromatic carbocycles. The van der Waals surface area contributed by atoms with Crippen LogP contribution in [0.1, 0.15) is 41.8 Å². The maximum Gasteiger partial charge on any atom is 0.165 e. The number of rotatable bonds is 3. The molecule has 1 atom stereocenters. The van der Waals surface area contributed by atoms with Crippen LogP contribution in [0.2, 0.25) is 0 Å². The molecule has 1 nitrogen and oxygen atoms in total. The average Bonchev–Trinajstić information content (AvgIpc) is 2.23. The highest BCUT2D eigenvalue weighted by atomic mass is 19.1. The molecular weight excluding hydrogens is 191 g/mol. The first-order chi connectivity index (χ1) is 6.97. The summed E-state index contributed by atoms with van der Waals surface area (Å²) in [6.07, 6.45) is 0.814. The number of carbonyl (C=O) groups excluding carboxylic acids is 1. The van der Waals surface area contributed by atoms with Gasteiger partial charge >= 0.3 is 0 Å². The molecule has 0 fully saturated rings. The first-order valence-corrected chi connectivity index (χ1v) is 5.28. The largest absolute Gasteiger partial charge is 0.294 e. The molecule has 1 rings (SSSR count). The summed E-state index contributed by atoms with van der Waals surface area (Å²) in [5.74, 6) is -0.103. The van der Waals surface area contributed by atoms with Gasteiger partial charge in [0.1, 0.15) is 5.82 Å². The van der Waals surface area contributed by atoms with Gasteiger partial charge in [-0.25, -0.2) is 4.39 Å². The molecule has 0 aliphatic heterocycles. The summed E-state index contributed by atoms with van der Waals surface area (Å²) in [5.41, 5.74) is 1.71. The third-order valence-electron chi connectivity index (χ3n) is 2.78. The van der Waals surface area contributed by atoms with Crippen molar-refractivity contribution in [3.05, 3.63) is 34.6 Å². The van der Waals surface area contributed by atoms with Crippen LogP contribution >= 0.6 is 0 Å². The summed E-state index contributed by atoms with van der Waals surface area (Å²) in [5, 5.41) is 0. The van der Waals surface area contributed by atoms with Crippen molar-refractivity contribution >= 4 is 5.78 Å². The first kappa shape index (κ1) is 11.9. The minimum atomic E-state index is -0.212. The number of aryl methyl sites for hydroxylation is 2. The van der Waals surface area contributed by atoms with Gasteiger partial charge in [0.05, 0.1) is 0 Å². The minimum absolute atomic E-state index is 0.00858. The molecule has 0 aliphatic carbocycles. The lowest BCUT2D eigenvalue weighted by molar-refractivity contribution is 0.0927. The quantitative estimate of drug-likeness (QED) is 0.693. The van der Waals surface area contributed by atoms with E-state index in [0.29, 0.717) is 16.7 Å². The van der Waals surface area contributed by atoms with Crippen molar-refractivity contribution in [1.29, 1.82) is 0 Å². The lowest BCUT2D eigenvalue weighted by atomic mass is 9.94. The van der Waals surface area contributed by atoms with Crippen molar-refractivity contribution in [2.24, 2.45) is 5.92 Å². The van der Waals surface area contributed by atoms with Crippen molar-refractivity contribution < 1.29 is 9.18 Å². The van der Waals surface area contributed by atoms with Crippen LogP contribution in [0, 0.1) is 25.6 Å². The van der Waals surface area contributed by atoms with Gasteiger partial charge in [0.2, 0.25) is 0 Å². The molecule has 15 heavy (non-hydrogen) atoms. The summed E-state index contributed by atoms with van der Waals surface area (Å²) in [4.78, 5) is 11.9. The van der Waals surface area contributed by atoms with E-state index in [0.717, 1.165) is 6.42 Å². The third kappa shape index (κ3) is 2.44. The van der Waals surface area contributed by atoms with Crippen LogP contribution in [0.4, 0.5) is 4.39 Å². The average molecular weight is 208 g/mol. The Balaban J connectivity index is 3.12. The van der Waals surface area contributed by atoms with Crippen LogP contribution in [0.3, 0.4) is 0 Å². The lowest BCUT2D eigenvalue weighted by Crippen LogP contribution is -2.11. The number of benzene rings is 1. The molecule has 0 aromatic heterocycles. The van der Waals surface area contributed by atoms with E-state index >= 15 is 0 Å². The van der Waals surface area contributed by atoms with Gasteiger partial charge in [0, 0.05) is 11.5 Å². The number of carbonyl (C=O) groups is 1. The zero-order chi connectivity index (χ0) is 11.6. The van der Waals surface area contributed by atoms with Gasteiger partial charge in [0.25, 0.3) is 0 Å². The summed E-state index contributed by atoms with van der Waals surface area (Å²) in [7, 11) is 0. The molecule has 0 radical (unpaired) electrons. The second-order valence-electron chi connectivity index (χ2n) is 4.10. The smallest absolute Gasteiger partial charge is 0.165 e. The zero-order valence-electron chi connectivity index (χ0n) is 9.73. The SMILES string of the molecule is CCC(C)C(=O)c1cc(C)c(F)c(C)c1. The molecule has 0 spiro atoms. The number of Topliss-reactive ketones (excluding diaryl/α,β-unsaturated/α-hetero) is 1. The van der Waals surface area contributed by atoms with Gasteiger partial charge in [0.15, 0.2) is 5.78 Å².